The SMILES string of the molecule is CN(Cc1ccc(C=O)o1)CC1CC(O)C1. The Balaban J connectivity index is 1.78. The topological polar surface area (TPSA) is 53.7 Å². The molecule has 0 radical (unpaired) electrons. The minimum Gasteiger partial charge on any atom is -0.457 e. The van der Waals surface area contributed by atoms with E-state index in [0.717, 1.165) is 25.1 Å². The van der Waals surface area contributed by atoms with E-state index in [-0.39, 0.29) is 6.10 Å². The summed E-state index contributed by atoms with van der Waals surface area (Å²) < 4.78 is 5.30. The van der Waals surface area contributed by atoms with E-state index < -0.39 is 0 Å². The van der Waals surface area contributed by atoms with Crippen LogP contribution in [-0.4, -0.2) is 36.0 Å². The van der Waals surface area contributed by atoms with Crippen LogP contribution in [0.3, 0.4) is 0 Å². The van der Waals surface area contributed by atoms with E-state index in [1.165, 1.54) is 0 Å². The minimum atomic E-state index is -0.0938. The van der Waals surface area contributed by atoms with Gasteiger partial charge in [0.2, 0.25) is 0 Å². The molecule has 2 rings (SSSR count). The summed E-state index contributed by atoms with van der Waals surface area (Å²) in [4.78, 5) is 12.6. The zero-order valence-electron chi connectivity index (χ0n) is 9.43. The molecular formula is C12H17NO3. The van der Waals surface area contributed by atoms with Gasteiger partial charge in [-0.2, -0.15) is 0 Å². The van der Waals surface area contributed by atoms with Crippen LogP contribution in [0.4, 0.5) is 0 Å². The molecule has 0 aliphatic heterocycles. The number of nitrogens with zero attached hydrogens (tertiary/aromatic N) is 1. The Bertz CT molecular complexity index is 355. The third kappa shape index (κ3) is 2.71. The van der Waals surface area contributed by atoms with Gasteiger partial charge in [-0.05, 0) is 37.9 Å². The molecule has 0 spiro atoms. The van der Waals surface area contributed by atoms with Crippen molar-refractivity contribution >= 4 is 6.29 Å². The first-order chi connectivity index (χ1) is 7.67. The van der Waals surface area contributed by atoms with Gasteiger partial charge in [-0.3, -0.25) is 9.69 Å². The number of rotatable bonds is 5. The molecule has 0 unspecified atom stereocenters. The van der Waals surface area contributed by atoms with Crippen LogP contribution in [0.2, 0.25) is 0 Å². The quantitative estimate of drug-likeness (QED) is 0.764. The van der Waals surface area contributed by atoms with Gasteiger partial charge in [-0.15, -0.1) is 0 Å². The van der Waals surface area contributed by atoms with Crippen LogP contribution in [0.25, 0.3) is 0 Å². The molecule has 16 heavy (non-hydrogen) atoms. The molecular weight excluding hydrogens is 206 g/mol. The molecule has 4 nitrogen and oxygen atoms in total. The summed E-state index contributed by atoms with van der Waals surface area (Å²) in [6, 6.07) is 3.51. The number of furan rings is 1. The number of carbonyl (C=O) groups is 1. The average Bonchev–Trinajstić information content (AvgIpc) is 2.63. The predicted molar refractivity (Wildman–Crippen MR) is 59.2 cm³/mol. The van der Waals surface area contributed by atoms with E-state index in [9.17, 15) is 9.90 Å². The molecule has 1 saturated carbocycles. The highest BCUT2D eigenvalue weighted by atomic mass is 16.3. The summed E-state index contributed by atoms with van der Waals surface area (Å²) in [6.07, 6.45) is 2.43. The number of aliphatic hydroxyl groups excluding tert-OH is 1. The molecule has 0 saturated heterocycles. The zero-order valence-corrected chi connectivity index (χ0v) is 9.43. The summed E-state index contributed by atoms with van der Waals surface area (Å²) in [6.45, 7) is 1.68. The van der Waals surface area contributed by atoms with Crippen LogP contribution in [-0.2, 0) is 6.54 Å². The van der Waals surface area contributed by atoms with E-state index in [1.54, 1.807) is 6.07 Å². The lowest BCUT2D eigenvalue weighted by molar-refractivity contribution is 0.0265. The molecule has 1 heterocycles. The van der Waals surface area contributed by atoms with Crippen LogP contribution in [0.5, 0.6) is 0 Å². The van der Waals surface area contributed by atoms with Gasteiger partial charge in [-0.1, -0.05) is 0 Å². The fraction of sp³-hybridized carbons (Fsp3) is 0.583. The Morgan fingerprint density at radius 3 is 2.88 bits per heavy atom. The molecule has 1 fully saturated rings. The second-order valence-electron chi connectivity index (χ2n) is 4.61. The highest BCUT2D eigenvalue weighted by molar-refractivity contribution is 5.70. The summed E-state index contributed by atoms with van der Waals surface area (Å²) in [7, 11) is 2.02. The number of carbonyl (C=O) groups excluding carboxylic acids is 1. The lowest BCUT2D eigenvalue weighted by atomic mass is 9.82. The Morgan fingerprint density at radius 1 is 1.56 bits per heavy atom. The first kappa shape index (κ1) is 11.4. The van der Waals surface area contributed by atoms with Gasteiger partial charge in [0, 0.05) is 6.54 Å². The van der Waals surface area contributed by atoms with E-state index in [2.05, 4.69) is 4.90 Å². The van der Waals surface area contributed by atoms with Gasteiger partial charge in [0.15, 0.2) is 12.0 Å². The molecule has 4 heteroatoms. The van der Waals surface area contributed by atoms with Crippen molar-refractivity contribution in [2.24, 2.45) is 5.92 Å². The molecule has 0 atom stereocenters. The minimum absolute atomic E-state index is 0.0938. The van der Waals surface area contributed by atoms with Crippen LogP contribution in [0, 0.1) is 5.92 Å². The van der Waals surface area contributed by atoms with Crippen LogP contribution < -0.4 is 0 Å². The number of hydrogen-bond donors (Lipinski definition) is 1. The van der Waals surface area contributed by atoms with Gasteiger partial charge >= 0.3 is 0 Å². The third-order valence-electron chi connectivity index (χ3n) is 3.01. The second kappa shape index (κ2) is 4.80. The maximum atomic E-state index is 10.4. The highest BCUT2D eigenvalue weighted by Crippen LogP contribution is 2.27. The molecule has 0 aromatic carbocycles. The molecule has 1 N–H and O–H groups in total. The van der Waals surface area contributed by atoms with Crippen molar-refractivity contribution in [3.63, 3.8) is 0 Å². The van der Waals surface area contributed by atoms with Crippen molar-refractivity contribution in [3.8, 4) is 0 Å². The lowest BCUT2D eigenvalue weighted by Crippen LogP contribution is -2.36. The van der Waals surface area contributed by atoms with Crippen molar-refractivity contribution in [3.05, 3.63) is 23.7 Å². The molecule has 1 aromatic rings. The van der Waals surface area contributed by atoms with Crippen molar-refractivity contribution in [2.75, 3.05) is 13.6 Å². The highest BCUT2D eigenvalue weighted by Gasteiger charge is 2.27. The van der Waals surface area contributed by atoms with Gasteiger partial charge in [0.25, 0.3) is 0 Å². The Labute approximate surface area is 94.9 Å². The van der Waals surface area contributed by atoms with Gasteiger partial charge < -0.3 is 9.52 Å². The standard InChI is InChI=1S/C12H17NO3/c1-13(6-9-4-10(15)5-9)7-11-2-3-12(8-14)16-11/h2-3,8-10,15H,4-7H2,1H3. The van der Waals surface area contributed by atoms with Crippen molar-refractivity contribution in [2.45, 2.75) is 25.5 Å². The molecule has 88 valence electrons. The molecule has 1 aliphatic carbocycles. The molecule has 0 bridgehead atoms. The van der Waals surface area contributed by atoms with E-state index in [4.69, 9.17) is 4.42 Å². The Kier molecular flexibility index (Phi) is 3.41. The third-order valence-corrected chi connectivity index (χ3v) is 3.01. The first-order valence-electron chi connectivity index (χ1n) is 5.58. The van der Waals surface area contributed by atoms with Crippen LogP contribution >= 0.6 is 0 Å². The summed E-state index contributed by atoms with van der Waals surface area (Å²) in [5.74, 6) is 1.78. The number of hydrogen-bond acceptors (Lipinski definition) is 4. The van der Waals surface area contributed by atoms with E-state index in [0.29, 0.717) is 24.5 Å². The van der Waals surface area contributed by atoms with Crippen molar-refractivity contribution < 1.29 is 14.3 Å². The van der Waals surface area contributed by atoms with Crippen molar-refractivity contribution in [1.82, 2.24) is 4.90 Å². The summed E-state index contributed by atoms with van der Waals surface area (Å²) in [5.41, 5.74) is 0. The maximum Gasteiger partial charge on any atom is 0.185 e. The Morgan fingerprint density at radius 2 is 2.31 bits per heavy atom. The summed E-state index contributed by atoms with van der Waals surface area (Å²) in [5, 5.41) is 9.18. The molecule has 1 aliphatic rings. The normalized spacial score (nSPS) is 24.4. The maximum absolute atomic E-state index is 10.4. The van der Waals surface area contributed by atoms with Gasteiger partial charge in [0.05, 0.1) is 12.6 Å². The smallest absolute Gasteiger partial charge is 0.185 e. The monoisotopic (exact) mass is 223 g/mol. The second-order valence-corrected chi connectivity index (χ2v) is 4.61. The van der Waals surface area contributed by atoms with Crippen LogP contribution in [0.15, 0.2) is 16.5 Å². The van der Waals surface area contributed by atoms with E-state index in [1.807, 2.05) is 13.1 Å². The van der Waals surface area contributed by atoms with Crippen LogP contribution in [0.1, 0.15) is 29.2 Å². The predicted octanol–water partition coefficient (Wildman–Crippen LogP) is 1.29. The first-order valence-corrected chi connectivity index (χ1v) is 5.58. The van der Waals surface area contributed by atoms with Gasteiger partial charge in [-0.25, -0.2) is 0 Å². The van der Waals surface area contributed by atoms with E-state index >= 15 is 0 Å². The molecule has 1 aromatic heterocycles. The zero-order chi connectivity index (χ0) is 11.5. The number of aliphatic hydroxyl groups is 1. The molecule has 0 amide bonds. The van der Waals surface area contributed by atoms with Crippen molar-refractivity contribution in [1.29, 1.82) is 0 Å². The fourth-order valence-electron chi connectivity index (χ4n) is 2.16. The average molecular weight is 223 g/mol. The fourth-order valence-corrected chi connectivity index (χ4v) is 2.16. The largest absolute Gasteiger partial charge is 0.457 e. The number of aldehydes is 1. The van der Waals surface area contributed by atoms with Gasteiger partial charge in [0.1, 0.15) is 5.76 Å². The Hall–Kier alpha value is -1.13. The lowest BCUT2D eigenvalue weighted by Gasteiger charge is -2.34. The summed E-state index contributed by atoms with van der Waals surface area (Å²) >= 11 is 0.